The van der Waals surface area contributed by atoms with Crippen LogP contribution in [0, 0.1) is 5.82 Å². The van der Waals surface area contributed by atoms with Gasteiger partial charge in [-0.25, -0.2) is 4.39 Å². The molecule has 0 unspecified atom stereocenters. The smallest absolute Gasteiger partial charge is 0.453 e. The average Bonchev–Trinajstić information content (AvgIpc) is 2.85. The van der Waals surface area contributed by atoms with Gasteiger partial charge in [0.05, 0.1) is 5.39 Å². The van der Waals surface area contributed by atoms with Gasteiger partial charge in [0, 0.05) is 11.8 Å². The van der Waals surface area contributed by atoms with Crippen LogP contribution in [0.25, 0.3) is 11.0 Å². The molecule has 6 nitrogen and oxygen atoms in total. The van der Waals surface area contributed by atoms with Crippen molar-refractivity contribution >= 4 is 22.6 Å². The van der Waals surface area contributed by atoms with Crippen molar-refractivity contribution in [3.63, 3.8) is 0 Å². The topological polar surface area (TPSA) is 77.8 Å². The lowest BCUT2D eigenvalue weighted by atomic mass is 10.1. The van der Waals surface area contributed by atoms with E-state index in [9.17, 15) is 27.2 Å². The third-order valence-electron chi connectivity index (χ3n) is 5.13. The van der Waals surface area contributed by atoms with Crippen LogP contribution in [0.15, 0.2) is 75.9 Å². The molecule has 0 radical (unpaired) electrons. The van der Waals surface area contributed by atoms with Crippen molar-refractivity contribution in [2.45, 2.75) is 19.5 Å². The highest BCUT2D eigenvalue weighted by molar-refractivity contribution is 5.92. The fourth-order valence-electron chi connectivity index (χ4n) is 3.32. The summed E-state index contributed by atoms with van der Waals surface area (Å²) in [6, 6.07) is 15.0. The van der Waals surface area contributed by atoms with Crippen molar-refractivity contribution < 1.29 is 36.2 Å². The molecule has 0 aliphatic carbocycles. The number of aryl methyl sites for hydroxylation is 1. The van der Waals surface area contributed by atoms with E-state index in [0.717, 1.165) is 30.2 Å². The molecule has 36 heavy (non-hydrogen) atoms. The first-order chi connectivity index (χ1) is 17.1. The molecule has 186 valence electrons. The van der Waals surface area contributed by atoms with Gasteiger partial charge in [-0.3, -0.25) is 9.59 Å². The molecular weight excluding hydrogens is 482 g/mol. The highest BCUT2D eigenvalue weighted by atomic mass is 19.4. The van der Waals surface area contributed by atoms with Gasteiger partial charge in [0.15, 0.2) is 6.61 Å². The first-order valence-corrected chi connectivity index (χ1v) is 10.8. The van der Waals surface area contributed by atoms with Crippen molar-refractivity contribution in [1.29, 1.82) is 0 Å². The number of halogens is 4. The number of carbonyl (C=O) groups is 1. The highest BCUT2D eigenvalue weighted by Gasteiger charge is 2.40. The summed E-state index contributed by atoms with van der Waals surface area (Å²) in [6.07, 6.45) is -4.29. The van der Waals surface area contributed by atoms with E-state index in [1.54, 1.807) is 12.1 Å². The molecule has 4 aromatic rings. The van der Waals surface area contributed by atoms with Gasteiger partial charge in [0.2, 0.25) is 11.2 Å². The quantitative estimate of drug-likeness (QED) is 0.300. The van der Waals surface area contributed by atoms with Crippen molar-refractivity contribution in [2.75, 3.05) is 11.9 Å². The minimum atomic E-state index is -5.02. The minimum absolute atomic E-state index is 0.00291. The van der Waals surface area contributed by atoms with Crippen LogP contribution >= 0.6 is 0 Å². The number of alkyl halides is 3. The average molecular weight is 501 g/mol. The van der Waals surface area contributed by atoms with Crippen LogP contribution in [-0.4, -0.2) is 12.5 Å². The molecule has 3 aromatic carbocycles. The number of nitrogens with one attached hydrogen (secondary N) is 1. The molecule has 0 bridgehead atoms. The number of hydrogen-bond donors (Lipinski definition) is 1. The lowest BCUT2D eigenvalue weighted by Gasteiger charge is -2.14. The maximum Gasteiger partial charge on any atom is 0.453 e. The summed E-state index contributed by atoms with van der Waals surface area (Å²) < 4.78 is 69.9. The van der Waals surface area contributed by atoms with E-state index in [2.05, 4.69) is 5.32 Å². The van der Waals surface area contributed by atoms with E-state index in [-0.39, 0.29) is 16.9 Å². The first-order valence-electron chi connectivity index (χ1n) is 10.8. The van der Waals surface area contributed by atoms with Gasteiger partial charge in [-0.2, -0.15) is 13.2 Å². The Morgan fingerprint density at radius 1 is 0.972 bits per heavy atom. The molecule has 0 atom stereocenters. The van der Waals surface area contributed by atoms with Crippen LogP contribution in [0.5, 0.6) is 17.2 Å². The number of anilines is 1. The third kappa shape index (κ3) is 5.65. The van der Waals surface area contributed by atoms with E-state index in [1.165, 1.54) is 36.4 Å². The first kappa shape index (κ1) is 24.8. The fourth-order valence-corrected chi connectivity index (χ4v) is 3.32. The van der Waals surface area contributed by atoms with Crippen molar-refractivity contribution in [3.8, 4) is 17.2 Å². The van der Waals surface area contributed by atoms with Crippen molar-refractivity contribution in [1.82, 2.24) is 0 Å². The molecule has 1 amide bonds. The van der Waals surface area contributed by atoms with Crippen LogP contribution in [0.1, 0.15) is 18.2 Å². The van der Waals surface area contributed by atoms with E-state index >= 15 is 0 Å². The molecule has 0 saturated heterocycles. The summed E-state index contributed by atoms with van der Waals surface area (Å²) in [5.74, 6) is -3.58. The summed E-state index contributed by atoms with van der Waals surface area (Å²) in [4.78, 5) is 25.0. The Morgan fingerprint density at radius 2 is 1.64 bits per heavy atom. The maximum absolute atomic E-state index is 13.7. The zero-order valence-corrected chi connectivity index (χ0v) is 18.8. The molecule has 1 N–H and O–H groups in total. The summed E-state index contributed by atoms with van der Waals surface area (Å²) >= 11 is 0. The van der Waals surface area contributed by atoms with Gasteiger partial charge in [0.25, 0.3) is 11.7 Å². The lowest BCUT2D eigenvalue weighted by molar-refractivity contribution is -0.154. The van der Waals surface area contributed by atoms with Gasteiger partial charge in [-0.1, -0.05) is 19.1 Å². The number of carbonyl (C=O) groups excluding carboxylic acids is 1. The number of benzene rings is 3. The van der Waals surface area contributed by atoms with Gasteiger partial charge in [0.1, 0.15) is 22.9 Å². The largest absolute Gasteiger partial charge is 0.484 e. The molecule has 1 heterocycles. The Morgan fingerprint density at radius 3 is 2.28 bits per heavy atom. The number of hydrogen-bond acceptors (Lipinski definition) is 5. The normalized spacial score (nSPS) is 11.4. The predicted octanol–water partition coefficient (Wildman–Crippen LogP) is 6.32. The predicted molar refractivity (Wildman–Crippen MR) is 124 cm³/mol. The molecule has 10 heteroatoms. The zero-order valence-electron chi connectivity index (χ0n) is 18.8. The molecule has 0 spiro atoms. The fraction of sp³-hybridized carbons (Fsp3) is 0.154. The molecule has 0 saturated carbocycles. The number of fused-ring (bicyclic) bond motifs is 1. The summed E-state index contributed by atoms with van der Waals surface area (Å²) in [5, 5.41) is 2.32. The summed E-state index contributed by atoms with van der Waals surface area (Å²) in [6.45, 7) is 1.43. The van der Waals surface area contributed by atoms with Gasteiger partial charge in [-0.05, 0) is 60.5 Å². The Balaban J connectivity index is 1.59. The number of ether oxygens (including phenoxy) is 2. The molecule has 0 aliphatic heterocycles. The number of amides is 1. The Hall–Kier alpha value is -4.34. The van der Waals surface area contributed by atoms with Crippen LogP contribution in [0.3, 0.4) is 0 Å². The lowest BCUT2D eigenvalue weighted by Crippen LogP contribution is -2.20. The standard InChI is InChI=1S/C26H19F4NO5/c1-2-15-3-9-18(10-4-15)35-24-23(33)20-12-11-19(13-21(20)36-25(24)26(28,29)30)34-14-22(32)31-17-7-5-16(27)6-8-17/h3-13H,2,14H2,1H3,(H,31,32). The van der Waals surface area contributed by atoms with Crippen LogP contribution in [-0.2, 0) is 17.4 Å². The molecule has 1 aromatic heterocycles. The summed E-state index contributed by atoms with van der Waals surface area (Å²) in [7, 11) is 0. The Labute approximate surface area is 202 Å². The van der Waals surface area contributed by atoms with Gasteiger partial charge < -0.3 is 19.2 Å². The van der Waals surface area contributed by atoms with E-state index in [4.69, 9.17) is 13.9 Å². The summed E-state index contributed by atoms with van der Waals surface area (Å²) in [5.41, 5.74) is -0.120. The van der Waals surface area contributed by atoms with Crippen LogP contribution in [0.2, 0.25) is 0 Å². The zero-order chi connectivity index (χ0) is 25.9. The van der Waals surface area contributed by atoms with E-state index < -0.39 is 47.0 Å². The Kier molecular flexibility index (Phi) is 6.96. The molecule has 0 fully saturated rings. The van der Waals surface area contributed by atoms with Gasteiger partial charge >= 0.3 is 6.18 Å². The second kappa shape index (κ2) is 10.1. The van der Waals surface area contributed by atoms with Crippen LogP contribution in [0.4, 0.5) is 23.2 Å². The molecular formula is C26H19F4NO5. The second-order valence-electron chi connectivity index (χ2n) is 7.69. The third-order valence-corrected chi connectivity index (χ3v) is 5.13. The van der Waals surface area contributed by atoms with Crippen molar-refractivity contribution in [2.24, 2.45) is 0 Å². The minimum Gasteiger partial charge on any atom is -0.484 e. The maximum atomic E-state index is 13.7. The molecule has 4 rings (SSSR count). The SMILES string of the molecule is CCc1ccc(Oc2c(C(F)(F)F)oc3cc(OCC(=O)Nc4ccc(F)cc4)ccc3c2=O)cc1. The monoisotopic (exact) mass is 501 g/mol. The Bertz CT molecular complexity index is 1450. The van der Waals surface area contributed by atoms with E-state index in [1.807, 2.05) is 6.92 Å². The highest BCUT2D eigenvalue weighted by Crippen LogP contribution is 2.38. The second-order valence-corrected chi connectivity index (χ2v) is 7.69. The van der Waals surface area contributed by atoms with E-state index in [0.29, 0.717) is 5.69 Å². The van der Waals surface area contributed by atoms with Gasteiger partial charge in [-0.15, -0.1) is 0 Å². The van der Waals surface area contributed by atoms with Crippen LogP contribution < -0.4 is 20.2 Å². The molecule has 0 aliphatic rings. The van der Waals surface area contributed by atoms with Crippen molar-refractivity contribution in [3.05, 3.63) is 94.1 Å². The number of rotatable bonds is 7.